The molecule has 188 valence electrons. The number of alkyl halides is 6. The first-order chi connectivity index (χ1) is 16.2. The maximum atomic E-state index is 12.5. The van der Waals surface area contributed by atoms with Crippen molar-refractivity contribution in [3.05, 3.63) is 91.0 Å². The fraction of sp³-hybridized carbons (Fsp3) is 0.143. The van der Waals surface area contributed by atoms with Crippen molar-refractivity contribution < 1.29 is 43.2 Å². The molecule has 1 fully saturated rings. The van der Waals surface area contributed by atoms with Crippen LogP contribution in [0, 0.1) is 0 Å². The van der Waals surface area contributed by atoms with Gasteiger partial charge in [0, 0.05) is 0 Å². The van der Waals surface area contributed by atoms with Gasteiger partial charge in [0.25, 0.3) is 20.0 Å². The highest BCUT2D eigenvalue weighted by Crippen LogP contribution is 2.53. The van der Waals surface area contributed by atoms with Crippen molar-refractivity contribution in [2.75, 3.05) is 0 Å². The first-order valence-corrected chi connectivity index (χ1v) is 13.7. The summed E-state index contributed by atoms with van der Waals surface area (Å²) in [5.74, 6) is -6.57. The normalized spacial score (nSPS) is 20.9. The first-order valence-electron chi connectivity index (χ1n) is 9.46. The van der Waals surface area contributed by atoms with Crippen LogP contribution in [0.1, 0.15) is 0 Å². The van der Waals surface area contributed by atoms with E-state index in [4.69, 9.17) is 0 Å². The monoisotopic (exact) mass is 556 g/mol. The maximum absolute atomic E-state index is 12.5. The highest BCUT2D eigenvalue weighted by Gasteiger charge is 2.86. The van der Waals surface area contributed by atoms with E-state index >= 15 is 0 Å². The Kier molecular flexibility index (Phi) is 7.33. The quantitative estimate of drug-likeness (QED) is 0.370. The van der Waals surface area contributed by atoms with E-state index in [1.807, 2.05) is 0 Å². The molecule has 0 bridgehead atoms. The van der Waals surface area contributed by atoms with Crippen molar-refractivity contribution in [2.24, 2.45) is 0 Å². The van der Waals surface area contributed by atoms with E-state index in [2.05, 4.69) is 91.0 Å². The smallest absolute Gasteiger partial charge is 0.205 e. The molecule has 0 aromatic heterocycles. The van der Waals surface area contributed by atoms with Crippen molar-refractivity contribution in [1.29, 1.82) is 0 Å². The lowest BCUT2D eigenvalue weighted by Crippen LogP contribution is -2.70. The van der Waals surface area contributed by atoms with Gasteiger partial charge in [0.05, 0.1) is 10.9 Å². The summed E-state index contributed by atoms with van der Waals surface area (Å²) >= 11 is 0. The summed E-state index contributed by atoms with van der Waals surface area (Å²) in [4.78, 5) is 4.08. The number of hydrogen-bond acceptors (Lipinski definition) is 4. The molecule has 0 atom stereocenters. The van der Waals surface area contributed by atoms with Gasteiger partial charge in [-0.05, 0) is 36.4 Å². The lowest BCUT2D eigenvalue weighted by atomic mass is 10.3. The first kappa shape index (κ1) is 27.0. The molecule has 3 aromatic carbocycles. The number of nitrogens with one attached hydrogen (secondary N) is 1. The van der Waals surface area contributed by atoms with Gasteiger partial charge in [-0.15, -0.1) is 0 Å². The van der Waals surface area contributed by atoms with Crippen LogP contribution in [-0.4, -0.2) is 33.3 Å². The largest absolute Gasteiger partial charge is 0.429 e. The van der Waals surface area contributed by atoms with E-state index < -0.39 is 36.5 Å². The molecular weight excluding hydrogens is 540 g/mol. The molecule has 1 heterocycles. The summed E-state index contributed by atoms with van der Waals surface area (Å²) in [6, 6.07) is 32.2. The molecule has 5 nitrogen and oxygen atoms in total. The molecule has 1 aliphatic rings. The third kappa shape index (κ3) is 4.79. The van der Waals surface area contributed by atoms with Crippen molar-refractivity contribution in [3.8, 4) is 0 Å². The maximum Gasteiger partial charge on any atom is 0.429 e. The Hall–Kier alpha value is -2.55. The Balaban J connectivity index is 0.000000199. The van der Waals surface area contributed by atoms with E-state index in [-0.39, 0.29) is 15.0 Å². The van der Waals surface area contributed by atoms with E-state index in [0.29, 0.717) is 0 Å². The van der Waals surface area contributed by atoms with Gasteiger partial charge in [0.1, 0.15) is 0 Å². The van der Waals surface area contributed by atoms with Crippen LogP contribution in [-0.2, 0) is 30.9 Å². The highest BCUT2D eigenvalue weighted by atomic mass is 32.3. The van der Waals surface area contributed by atoms with Gasteiger partial charge in [-0.2, -0.15) is 26.3 Å². The molecule has 35 heavy (non-hydrogen) atoms. The van der Waals surface area contributed by atoms with Crippen molar-refractivity contribution in [1.82, 2.24) is 4.13 Å². The van der Waals surface area contributed by atoms with E-state index in [9.17, 15) is 43.2 Å². The van der Waals surface area contributed by atoms with Gasteiger partial charge in [0.15, 0.2) is 14.7 Å². The number of hydrogen-bond donors (Lipinski definition) is 1. The third-order valence-electron chi connectivity index (χ3n) is 4.56. The molecule has 1 N–H and O–H groups in total. The summed E-state index contributed by atoms with van der Waals surface area (Å²) < 4.78 is 116. The second kappa shape index (κ2) is 9.48. The van der Waals surface area contributed by atoms with Crippen LogP contribution in [0.3, 0.4) is 0 Å². The molecule has 3 aromatic rings. The molecule has 0 amide bonds. The van der Waals surface area contributed by atoms with Crippen LogP contribution in [0.2, 0.25) is 0 Å². The molecule has 0 saturated carbocycles. The number of sulfonamides is 2. The summed E-state index contributed by atoms with van der Waals surface area (Å²) in [5, 5.41) is -12.5. The van der Waals surface area contributed by atoms with Crippen LogP contribution in [0.5, 0.6) is 0 Å². The molecule has 1 aliphatic heterocycles. The average molecular weight is 557 g/mol. The third-order valence-corrected chi connectivity index (χ3v) is 10.4. The summed E-state index contributed by atoms with van der Waals surface area (Å²) in [5.41, 5.74) is 0. The van der Waals surface area contributed by atoms with Gasteiger partial charge in [-0.25, -0.2) is 16.8 Å². The fourth-order valence-corrected chi connectivity index (χ4v) is 7.93. The number of halogens is 6. The molecule has 1 saturated heterocycles. The number of rotatable bonds is 3. The highest BCUT2D eigenvalue weighted by molar-refractivity contribution is 8.06. The molecule has 0 unspecified atom stereocenters. The molecule has 0 spiro atoms. The van der Waals surface area contributed by atoms with E-state index in [0.717, 1.165) is 0 Å². The molecule has 0 aliphatic carbocycles. The predicted molar refractivity (Wildman–Crippen MR) is 117 cm³/mol. The Morgan fingerprint density at radius 3 is 1.03 bits per heavy atom. The van der Waals surface area contributed by atoms with Crippen LogP contribution >= 0.6 is 0 Å². The SMILES string of the molecule is O=S1(=O)NS(=O)(=O)C(F)(F)C(F)(F)C1(F)F.c1ccc([S+](c2ccccc2)c2ccccc2)cc1. The molecular formula is C21H16F6NO4S3+. The zero-order valence-corrected chi connectivity index (χ0v) is 19.7. The molecule has 14 heteroatoms. The Morgan fingerprint density at radius 2 is 0.771 bits per heavy atom. The van der Waals surface area contributed by atoms with E-state index in [1.54, 1.807) is 0 Å². The van der Waals surface area contributed by atoms with Crippen molar-refractivity contribution in [2.45, 2.75) is 31.1 Å². The van der Waals surface area contributed by atoms with Crippen LogP contribution in [0.4, 0.5) is 26.3 Å². The van der Waals surface area contributed by atoms with Crippen LogP contribution in [0.25, 0.3) is 0 Å². The summed E-state index contributed by atoms with van der Waals surface area (Å²) in [6.07, 6.45) is 0. The zero-order valence-electron chi connectivity index (χ0n) is 17.3. The number of benzene rings is 3. The Morgan fingerprint density at radius 1 is 0.514 bits per heavy atom. The Labute approximate surface area is 200 Å². The minimum absolute atomic E-state index is 0.0146. The molecule has 0 radical (unpaired) electrons. The van der Waals surface area contributed by atoms with E-state index in [1.165, 1.54) is 14.7 Å². The second-order valence-corrected chi connectivity index (χ2v) is 12.7. The van der Waals surface area contributed by atoms with Gasteiger partial charge < -0.3 is 0 Å². The topological polar surface area (TPSA) is 80.3 Å². The fourth-order valence-electron chi connectivity index (χ4n) is 2.83. The summed E-state index contributed by atoms with van der Waals surface area (Å²) in [6.45, 7) is 0. The van der Waals surface area contributed by atoms with Crippen molar-refractivity contribution in [3.63, 3.8) is 0 Å². The Bertz CT molecular complexity index is 1230. The van der Waals surface area contributed by atoms with Crippen molar-refractivity contribution >= 4 is 30.9 Å². The zero-order chi connectivity index (χ0) is 26.1. The average Bonchev–Trinajstić information content (AvgIpc) is 2.80. The minimum atomic E-state index is -6.57. The van der Waals surface area contributed by atoms with Gasteiger partial charge >= 0.3 is 16.4 Å². The lowest BCUT2D eigenvalue weighted by molar-refractivity contribution is -0.246. The van der Waals surface area contributed by atoms with Gasteiger partial charge in [-0.1, -0.05) is 58.7 Å². The predicted octanol–water partition coefficient (Wildman–Crippen LogP) is 4.85. The van der Waals surface area contributed by atoms with Crippen LogP contribution < -0.4 is 4.13 Å². The lowest BCUT2D eigenvalue weighted by Gasteiger charge is -2.35. The summed E-state index contributed by atoms with van der Waals surface area (Å²) in [7, 11) is -12.9. The van der Waals surface area contributed by atoms with Gasteiger partial charge in [0.2, 0.25) is 0 Å². The standard InChI is InChI=1S/C18H15S.C3HF6NO4S2/c1-4-10-16(11-5-1)19(17-12-6-2-7-13-17)18-14-8-3-9-15-18;4-1(5)2(6,7)15(11,12)10-16(13,14)3(1,8)9/h1-15H;10H/q+1;. The van der Waals surface area contributed by atoms with Crippen LogP contribution in [0.15, 0.2) is 106 Å². The molecule has 4 rings (SSSR count). The minimum Gasteiger partial charge on any atom is -0.205 e. The second-order valence-electron chi connectivity index (χ2n) is 6.94. The van der Waals surface area contributed by atoms with Gasteiger partial charge in [-0.3, -0.25) is 0 Å².